The van der Waals surface area contributed by atoms with Crippen LogP contribution in [0.25, 0.3) is 0 Å². The molecule has 0 aromatic carbocycles. The molecule has 0 aliphatic carbocycles. The fourth-order valence-electron chi connectivity index (χ4n) is 2.41. The first-order valence-electron chi connectivity index (χ1n) is 6.86. The predicted octanol–water partition coefficient (Wildman–Crippen LogP) is -0.0682. The lowest BCUT2D eigenvalue weighted by atomic mass is 10.4. The Hall–Kier alpha value is -0.900. The van der Waals surface area contributed by atoms with Crippen molar-refractivity contribution in [3.05, 3.63) is 18.0 Å². The molecule has 2 heterocycles. The summed E-state index contributed by atoms with van der Waals surface area (Å²) in [6.45, 7) is 4.97. The van der Waals surface area contributed by atoms with Crippen LogP contribution in [-0.2, 0) is 26.4 Å². The molecule has 1 aliphatic heterocycles. The fourth-order valence-corrected chi connectivity index (χ4v) is 5.82. The molecule has 0 spiro atoms. The molecule has 9 heteroatoms. The summed E-state index contributed by atoms with van der Waals surface area (Å²) in [5.74, 6) is -0.244. The summed E-state index contributed by atoms with van der Waals surface area (Å²) in [6, 6.07) is 1.05. The van der Waals surface area contributed by atoms with Crippen LogP contribution in [0.2, 0.25) is 0 Å². The average molecular weight is 335 g/mol. The molecule has 1 atom stereocenters. The Kier molecular flexibility index (Phi) is 4.76. The van der Waals surface area contributed by atoms with E-state index in [1.807, 2.05) is 6.92 Å². The van der Waals surface area contributed by atoms with E-state index in [2.05, 4.69) is 10.3 Å². The zero-order valence-corrected chi connectivity index (χ0v) is 13.8. The summed E-state index contributed by atoms with van der Waals surface area (Å²) in [4.78, 5) is 3.11. The van der Waals surface area contributed by atoms with E-state index in [0.717, 1.165) is 12.2 Å². The molecule has 120 valence electrons. The minimum Gasteiger partial charge on any atom is -0.363 e. The summed E-state index contributed by atoms with van der Waals surface area (Å²) in [7, 11) is -6.79. The number of hydrogen-bond donors (Lipinski definition) is 2. The second kappa shape index (κ2) is 6.07. The molecule has 0 radical (unpaired) electrons. The van der Waals surface area contributed by atoms with Gasteiger partial charge in [0, 0.05) is 31.0 Å². The van der Waals surface area contributed by atoms with E-state index in [4.69, 9.17) is 0 Å². The number of nitrogens with one attached hydrogen (secondary N) is 2. The first kappa shape index (κ1) is 16.5. The van der Waals surface area contributed by atoms with Crippen molar-refractivity contribution in [1.29, 1.82) is 0 Å². The Labute approximate surface area is 125 Å². The Bertz CT molecular complexity index is 694. The highest BCUT2D eigenvalue weighted by Crippen LogP contribution is 2.22. The summed E-state index contributed by atoms with van der Waals surface area (Å²) < 4.78 is 49.6. The first-order valence-corrected chi connectivity index (χ1v) is 10.1. The molecule has 1 aliphatic rings. The number of hydrogen-bond acceptors (Lipinski definition) is 5. The average Bonchev–Trinajstić information content (AvgIpc) is 2.84. The van der Waals surface area contributed by atoms with E-state index in [1.165, 1.54) is 10.5 Å². The first-order chi connectivity index (χ1) is 9.76. The zero-order valence-electron chi connectivity index (χ0n) is 12.2. The third-order valence-corrected chi connectivity index (χ3v) is 7.28. The van der Waals surface area contributed by atoms with Crippen molar-refractivity contribution >= 4 is 19.9 Å². The molecule has 1 saturated heterocycles. The van der Waals surface area contributed by atoms with E-state index in [-0.39, 0.29) is 22.9 Å². The Balaban J connectivity index is 2.20. The molecule has 1 aromatic rings. The van der Waals surface area contributed by atoms with Gasteiger partial charge in [-0.15, -0.1) is 0 Å². The second-order valence-corrected chi connectivity index (χ2v) is 9.34. The van der Waals surface area contributed by atoms with Gasteiger partial charge in [0.15, 0.2) is 9.84 Å². The molecule has 1 aromatic heterocycles. The second-order valence-electron chi connectivity index (χ2n) is 5.22. The molecule has 0 saturated carbocycles. The minimum atomic E-state index is -3.66. The maximum Gasteiger partial charge on any atom is 0.244 e. The van der Waals surface area contributed by atoms with Crippen molar-refractivity contribution in [1.82, 2.24) is 14.6 Å². The van der Waals surface area contributed by atoms with Gasteiger partial charge in [-0.25, -0.2) is 16.8 Å². The number of nitrogens with zero attached hydrogens (tertiary/aromatic N) is 1. The molecule has 2 N–H and O–H groups in total. The highest BCUT2D eigenvalue weighted by atomic mass is 32.2. The van der Waals surface area contributed by atoms with Gasteiger partial charge in [-0.3, -0.25) is 0 Å². The largest absolute Gasteiger partial charge is 0.363 e. The third-order valence-electron chi connectivity index (χ3n) is 3.50. The van der Waals surface area contributed by atoms with Gasteiger partial charge in [0.1, 0.15) is 0 Å². The zero-order chi connectivity index (χ0) is 15.7. The van der Waals surface area contributed by atoms with Gasteiger partial charge >= 0.3 is 0 Å². The molecule has 21 heavy (non-hydrogen) atoms. The van der Waals surface area contributed by atoms with Crippen molar-refractivity contribution in [3.8, 4) is 0 Å². The van der Waals surface area contributed by atoms with Gasteiger partial charge in [0.05, 0.1) is 16.4 Å². The monoisotopic (exact) mass is 335 g/mol. The minimum absolute atomic E-state index is 0.0134. The van der Waals surface area contributed by atoms with Crippen LogP contribution in [0.3, 0.4) is 0 Å². The quantitative estimate of drug-likeness (QED) is 0.785. The highest BCUT2D eigenvalue weighted by Gasteiger charge is 2.36. The van der Waals surface area contributed by atoms with E-state index >= 15 is 0 Å². The lowest BCUT2D eigenvalue weighted by molar-refractivity contribution is 0.357. The van der Waals surface area contributed by atoms with Crippen LogP contribution in [0.1, 0.15) is 19.5 Å². The molecular weight excluding hydrogens is 314 g/mol. The van der Waals surface area contributed by atoms with E-state index in [9.17, 15) is 16.8 Å². The molecule has 1 fully saturated rings. The lowest BCUT2D eigenvalue weighted by Gasteiger charge is -2.31. The maximum absolute atomic E-state index is 12.6. The number of sulfonamides is 1. The Morgan fingerprint density at radius 1 is 1.48 bits per heavy atom. The van der Waals surface area contributed by atoms with E-state index in [1.54, 1.807) is 13.0 Å². The summed E-state index contributed by atoms with van der Waals surface area (Å²) in [6.07, 6.45) is 1.46. The number of aromatic nitrogens is 1. The van der Waals surface area contributed by atoms with Crippen LogP contribution < -0.4 is 5.32 Å². The van der Waals surface area contributed by atoms with Crippen molar-refractivity contribution in [3.63, 3.8) is 0 Å². The van der Waals surface area contributed by atoms with Crippen LogP contribution in [0.15, 0.2) is 17.2 Å². The number of sulfone groups is 1. The van der Waals surface area contributed by atoms with E-state index in [0.29, 0.717) is 6.54 Å². The topological polar surface area (TPSA) is 99.3 Å². The van der Waals surface area contributed by atoms with Crippen molar-refractivity contribution in [2.45, 2.75) is 31.3 Å². The van der Waals surface area contributed by atoms with Crippen LogP contribution in [0.4, 0.5) is 0 Å². The van der Waals surface area contributed by atoms with Crippen LogP contribution >= 0.6 is 0 Å². The lowest BCUT2D eigenvalue weighted by Crippen LogP contribution is -2.49. The van der Waals surface area contributed by atoms with Gasteiger partial charge in [0.25, 0.3) is 0 Å². The van der Waals surface area contributed by atoms with Gasteiger partial charge < -0.3 is 10.3 Å². The van der Waals surface area contributed by atoms with Gasteiger partial charge in [0.2, 0.25) is 10.0 Å². The van der Waals surface area contributed by atoms with Crippen LogP contribution in [0.5, 0.6) is 0 Å². The van der Waals surface area contributed by atoms with Gasteiger partial charge in [-0.1, -0.05) is 6.92 Å². The molecule has 2 rings (SSSR count). The smallest absolute Gasteiger partial charge is 0.244 e. The van der Waals surface area contributed by atoms with Gasteiger partial charge in [-0.2, -0.15) is 4.31 Å². The number of rotatable bonds is 5. The standard InChI is InChI=1S/C12H21N3O4S2/c1-3-13-7-11-6-12(8-14-11)21(18,19)15-4-5-20(16,17)9-10(15)2/h6,8,10,13-14H,3-5,7,9H2,1-2H3. The number of H-pyrrole nitrogens is 1. The summed E-state index contributed by atoms with van der Waals surface area (Å²) in [5, 5.41) is 3.11. The molecule has 7 nitrogen and oxygen atoms in total. The molecule has 0 bridgehead atoms. The van der Waals surface area contributed by atoms with Crippen molar-refractivity contribution < 1.29 is 16.8 Å². The maximum atomic E-state index is 12.6. The molecular formula is C12H21N3O4S2. The summed E-state index contributed by atoms with van der Waals surface area (Å²) >= 11 is 0. The Morgan fingerprint density at radius 2 is 2.19 bits per heavy atom. The Morgan fingerprint density at radius 3 is 2.81 bits per heavy atom. The van der Waals surface area contributed by atoms with Crippen molar-refractivity contribution in [2.75, 3.05) is 24.6 Å². The molecule has 1 unspecified atom stereocenters. The SMILES string of the molecule is CCNCc1cc(S(=O)(=O)N2CCS(=O)(=O)CC2C)c[nH]1. The van der Waals surface area contributed by atoms with Crippen molar-refractivity contribution in [2.24, 2.45) is 0 Å². The van der Waals surface area contributed by atoms with E-state index < -0.39 is 25.9 Å². The number of aromatic amines is 1. The van der Waals surface area contributed by atoms with Crippen LogP contribution in [0, 0.1) is 0 Å². The van der Waals surface area contributed by atoms with Crippen LogP contribution in [-0.4, -0.2) is 56.8 Å². The predicted molar refractivity (Wildman–Crippen MR) is 80.2 cm³/mol. The third kappa shape index (κ3) is 3.65. The fraction of sp³-hybridized carbons (Fsp3) is 0.667. The highest BCUT2D eigenvalue weighted by molar-refractivity contribution is 7.92. The van der Waals surface area contributed by atoms with Gasteiger partial charge in [-0.05, 0) is 19.5 Å². The normalized spacial score (nSPS) is 23.2. The summed E-state index contributed by atoms with van der Waals surface area (Å²) in [5.41, 5.74) is 0.785. The molecule has 0 amide bonds.